The van der Waals surface area contributed by atoms with Crippen molar-refractivity contribution >= 4 is 11.9 Å². The molecule has 7 nitrogen and oxygen atoms in total. The molecule has 0 aliphatic rings. The Kier molecular flexibility index (Phi) is 7.05. The summed E-state index contributed by atoms with van der Waals surface area (Å²) in [5.74, 6) is -0.240. The molecule has 0 radical (unpaired) electrons. The number of nitrogens with one attached hydrogen (secondary N) is 1. The molecule has 7 heteroatoms. The predicted octanol–water partition coefficient (Wildman–Crippen LogP) is 1.39. The molecular weight excluding hydrogens is 350 g/mol. The van der Waals surface area contributed by atoms with E-state index >= 15 is 0 Å². The number of aryl methyl sites for hydroxylation is 1. The summed E-state index contributed by atoms with van der Waals surface area (Å²) in [5.41, 5.74) is 1.63. The molecule has 2 aromatic rings. The molecule has 0 aliphatic heterocycles. The van der Waals surface area contributed by atoms with Gasteiger partial charge in [-0.15, -0.1) is 0 Å². The molecule has 2 aromatic carbocycles. The van der Waals surface area contributed by atoms with E-state index in [0.717, 1.165) is 5.56 Å². The SMILES string of the molecule is COc1ccc([C@H](CC(=O)[O-])NC(=O)COc2ccc(C)cc2)cc1OC. The molecule has 1 atom stereocenters. The Labute approximate surface area is 157 Å². The summed E-state index contributed by atoms with van der Waals surface area (Å²) in [6, 6.07) is 11.4. The smallest absolute Gasteiger partial charge is 0.258 e. The standard InChI is InChI=1S/C20H23NO6/c1-13-4-7-15(8-5-13)27-12-19(22)21-16(11-20(23)24)14-6-9-17(25-2)18(10-14)26-3/h4-10,16H,11-12H2,1-3H3,(H,21,22)(H,23,24)/p-1/t16-/m0/s1. The van der Waals surface area contributed by atoms with Crippen molar-refractivity contribution in [3.05, 3.63) is 53.6 Å². The minimum Gasteiger partial charge on any atom is -0.550 e. The maximum absolute atomic E-state index is 12.2. The van der Waals surface area contributed by atoms with E-state index in [1.807, 2.05) is 19.1 Å². The fraction of sp³-hybridized carbons (Fsp3) is 0.300. The van der Waals surface area contributed by atoms with E-state index < -0.39 is 17.9 Å². The molecule has 0 unspecified atom stereocenters. The highest BCUT2D eigenvalue weighted by Gasteiger charge is 2.18. The Morgan fingerprint density at radius 3 is 2.30 bits per heavy atom. The van der Waals surface area contributed by atoms with Crippen LogP contribution < -0.4 is 24.6 Å². The van der Waals surface area contributed by atoms with E-state index in [1.54, 1.807) is 30.3 Å². The van der Waals surface area contributed by atoms with Crippen LogP contribution in [0.15, 0.2) is 42.5 Å². The Hall–Kier alpha value is -3.22. The van der Waals surface area contributed by atoms with Crippen molar-refractivity contribution in [2.24, 2.45) is 0 Å². The topological polar surface area (TPSA) is 96.9 Å². The average Bonchev–Trinajstić information content (AvgIpc) is 2.66. The number of carbonyl (C=O) groups excluding carboxylic acids is 2. The van der Waals surface area contributed by atoms with Crippen LogP contribution in [-0.2, 0) is 9.59 Å². The third-order valence-electron chi connectivity index (χ3n) is 3.91. The van der Waals surface area contributed by atoms with Crippen LogP contribution in [0.5, 0.6) is 17.2 Å². The second kappa shape index (κ2) is 9.47. The number of methoxy groups -OCH3 is 2. The summed E-state index contributed by atoms with van der Waals surface area (Å²) in [5, 5.41) is 13.8. The van der Waals surface area contributed by atoms with Gasteiger partial charge in [-0.25, -0.2) is 0 Å². The number of aliphatic carboxylic acids is 1. The summed E-state index contributed by atoms with van der Waals surface area (Å²) in [6.07, 6.45) is -0.383. The van der Waals surface area contributed by atoms with Gasteiger partial charge in [0.05, 0.1) is 20.3 Å². The Balaban J connectivity index is 2.08. The Morgan fingerprint density at radius 2 is 1.70 bits per heavy atom. The number of carbonyl (C=O) groups is 2. The number of rotatable bonds is 9. The van der Waals surface area contributed by atoms with E-state index in [2.05, 4.69) is 5.32 Å². The molecule has 144 valence electrons. The average molecular weight is 372 g/mol. The van der Waals surface area contributed by atoms with Gasteiger partial charge in [-0.05, 0) is 36.8 Å². The zero-order valence-corrected chi connectivity index (χ0v) is 15.5. The fourth-order valence-corrected chi connectivity index (χ4v) is 2.51. The third-order valence-corrected chi connectivity index (χ3v) is 3.91. The van der Waals surface area contributed by atoms with Crippen LogP contribution in [0.25, 0.3) is 0 Å². The van der Waals surface area contributed by atoms with Crippen LogP contribution >= 0.6 is 0 Å². The van der Waals surface area contributed by atoms with Gasteiger partial charge in [-0.3, -0.25) is 4.79 Å². The third kappa shape index (κ3) is 5.91. The molecule has 0 fully saturated rings. The lowest BCUT2D eigenvalue weighted by atomic mass is 10.0. The quantitative estimate of drug-likeness (QED) is 0.714. The van der Waals surface area contributed by atoms with Gasteiger partial charge < -0.3 is 29.4 Å². The van der Waals surface area contributed by atoms with E-state index in [1.165, 1.54) is 14.2 Å². The van der Waals surface area contributed by atoms with Crippen LogP contribution in [0.4, 0.5) is 0 Å². The lowest BCUT2D eigenvalue weighted by Crippen LogP contribution is -2.36. The highest BCUT2D eigenvalue weighted by Crippen LogP contribution is 2.30. The number of ether oxygens (including phenoxy) is 3. The van der Waals surface area contributed by atoms with Gasteiger partial charge in [0.15, 0.2) is 18.1 Å². The molecular formula is C20H22NO6-. The highest BCUT2D eigenvalue weighted by molar-refractivity contribution is 5.79. The maximum Gasteiger partial charge on any atom is 0.258 e. The maximum atomic E-state index is 12.2. The number of amides is 1. The Bertz CT molecular complexity index is 788. The summed E-state index contributed by atoms with van der Waals surface area (Å²) in [7, 11) is 2.98. The summed E-state index contributed by atoms with van der Waals surface area (Å²) in [4.78, 5) is 23.3. The normalized spacial score (nSPS) is 11.4. The lowest BCUT2D eigenvalue weighted by molar-refractivity contribution is -0.306. The highest BCUT2D eigenvalue weighted by atomic mass is 16.5. The van der Waals surface area contributed by atoms with Crippen molar-refractivity contribution in [1.29, 1.82) is 0 Å². The van der Waals surface area contributed by atoms with E-state index in [-0.39, 0.29) is 13.0 Å². The monoisotopic (exact) mass is 372 g/mol. The van der Waals surface area contributed by atoms with Crippen molar-refractivity contribution in [2.75, 3.05) is 20.8 Å². The number of hydrogen-bond acceptors (Lipinski definition) is 6. The van der Waals surface area contributed by atoms with E-state index in [0.29, 0.717) is 22.8 Å². The van der Waals surface area contributed by atoms with Crippen LogP contribution in [0, 0.1) is 6.92 Å². The first-order valence-electron chi connectivity index (χ1n) is 8.33. The molecule has 0 saturated carbocycles. The van der Waals surface area contributed by atoms with Gasteiger partial charge >= 0.3 is 0 Å². The zero-order valence-electron chi connectivity index (χ0n) is 15.5. The Morgan fingerprint density at radius 1 is 1.04 bits per heavy atom. The van der Waals surface area contributed by atoms with Crippen LogP contribution in [0.3, 0.4) is 0 Å². The largest absolute Gasteiger partial charge is 0.550 e. The van der Waals surface area contributed by atoms with E-state index in [4.69, 9.17) is 14.2 Å². The lowest BCUT2D eigenvalue weighted by Gasteiger charge is -2.21. The van der Waals surface area contributed by atoms with Crippen LogP contribution in [0.1, 0.15) is 23.6 Å². The summed E-state index contributed by atoms with van der Waals surface area (Å²) >= 11 is 0. The molecule has 0 aromatic heterocycles. The molecule has 0 heterocycles. The summed E-state index contributed by atoms with van der Waals surface area (Å²) < 4.78 is 15.8. The molecule has 0 spiro atoms. The van der Waals surface area contributed by atoms with Crippen molar-refractivity contribution in [2.45, 2.75) is 19.4 Å². The molecule has 1 amide bonds. The molecule has 0 bridgehead atoms. The first kappa shape index (κ1) is 20.1. The van der Waals surface area contributed by atoms with Crippen LogP contribution in [-0.4, -0.2) is 32.7 Å². The number of hydrogen-bond donors (Lipinski definition) is 1. The second-order valence-electron chi connectivity index (χ2n) is 5.91. The van der Waals surface area contributed by atoms with Gasteiger partial charge in [-0.1, -0.05) is 23.8 Å². The van der Waals surface area contributed by atoms with Gasteiger partial charge in [0.2, 0.25) is 0 Å². The van der Waals surface area contributed by atoms with Gasteiger partial charge in [0, 0.05) is 12.4 Å². The van der Waals surface area contributed by atoms with Crippen molar-refractivity contribution in [1.82, 2.24) is 5.32 Å². The molecule has 0 aliphatic carbocycles. The van der Waals surface area contributed by atoms with Crippen molar-refractivity contribution < 1.29 is 28.9 Å². The number of carboxylic acid groups (broad SMARTS) is 1. The first-order chi connectivity index (χ1) is 12.9. The predicted molar refractivity (Wildman–Crippen MR) is 96.7 cm³/mol. The summed E-state index contributed by atoms with van der Waals surface area (Å²) in [6.45, 7) is 1.71. The number of benzene rings is 2. The minimum atomic E-state index is -1.28. The minimum absolute atomic E-state index is 0.236. The fourth-order valence-electron chi connectivity index (χ4n) is 2.51. The molecule has 2 rings (SSSR count). The first-order valence-corrected chi connectivity index (χ1v) is 8.33. The molecule has 27 heavy (non-hydrogen) atoms. The number of carboxylic acids is 1. The molecule has 0 saturated heterocycles. The second-order valence-corrected chi connectivity index (χ2v) is 5.91. The van der Waals surface area contributed by atoms with Gasteiger partial charge in [0.1, 0.15) is 5.75 Å². The zero-order chi connectivity index (χ0) is 19.8. The van der Waals surface area contributed by atoms with Gasteiger partial charge in [-0.2, -0.15) is 0 Å². The van der Waals surface area contributed by atoms with E-state index in [9.17, 15) is 14.7 Å². The van der Waals surface area contributed by atoms with Gasteiger partial charge in [0.25, 0.3) is 5.91 Å². The van der Waals surface area contributed by atoms with Crippen LogP contribution in [0.2, 0.25) is 0 Å². The van der Waals surface area contributed by atoms with Crippen molar-refractivity contribution in [3.63, 3.8) is 0 Å². The van der Waals surface area contributed by atoms with Crippen molar-refractivity contribution in [3.8, 4) is 17.2 Å². The molecule has 1 N–H and O–H groups in total.